The van der Waals surface area contributed by atoms with Crippen molar-refractivity contribution in [3.63, 3.8) is 0 Å². The van der Waals surface area contributed by atoms with E-state index in [0.717, 1.165) is 68.5 Å². The van der Waals surface area contributed by atoms with Crippen molar-refractivity contribution in [2.75, 3.05) is 24.5 Å². The van der Waals surface area contributed by atoms with Gasteiger partial charge in [0.05, 0.1) is 11.2 Å². The molecule has 0 aliphatic carbocycles. The fourth-order valence-electron chi connectivity index (χ4n) is 5.32. The molecule has 2 aliphatic heterocycles. The van der Waals surface area contributed by atoms with Crippen LogP contribution in [-0.2, 0) is 0 Å². The van der Waals surface area contributed by atoms with Crippen LogP contribution in [0.1, 0.15) is 53.9 Å². The van der Waals surface area contributed by atoms with E-state index in [1.54, 1.807) is 6.33 Å². The highest BCUT2D eigenvalue weighted by molar-refractivity contribution is 5.96. The number of para-hydroxylation sites is 1. The van der Waals surface area contributed by atoms with E-state index in [2.05, 4.69) is 27.2 Å². The van der Waals surface area contributed by atoms with Gasteiger partial charge in [-0.25, -0.2) is 9.97 Å². The standard InChI is InChI=1S/C23H27N5O2/c1-16-20(17(2)30-26-16)22(29)27-12-5-9-23(11-14-27)10-6-13-28(23)21-18-7-3-4-8-19(18)24-15-25-21/h3-4,7-8,15H,5-6,9-14H2,1-2H3. The third-order valence-electron chi connectivity index (χ3n) is 6.83. The van der Waals surface area contributed by atoms with Crippen molar-refractivity contribution in [2.24, 2.45) is 0 Å². The zero-order valence-electron chi connectivity index (χ0n) is 17.6. The zero-order chi connectivity index (χ0) is 20.7. The molecule has 2 saturated heterocycles. The van der Waals surface area contributed by atoms with Gasteiger partial charge in [-0.3, -0.25) is 4.79 Å². The highest BCUT2D eigenvalue weighted by Crippen LogP contribution is 2.42. The largest absolute Gasteiger partial charge is 0.361 e. The molecule has 2 fully saturated rings. The molecule has 2 aromatic heterocycles. The number of amides is 1. The first-order valence-corrected chi connectivity index (χ1v) is 10.8. The van der Waals surface area contributed by atoms with Crippen LogP contribution in [0.2, 0.25) is 0 Å². The van der Waals surface area contributed by atoms with Crippen LogP contribution < -0.4 is 4.90 Å². The number of aryl methyl sites for hydroxylation is 2. The van der Waals surface area contributed by atoms with Crippen LogP contribution in [0.15, 0.2) is 35.1 Å². The van der Waals surface area contributed by atoms with Gasteiger partial charge in [0.2, 0.25) is 0 Å². The normalized spacial score (nSPS) is 22.1. The molecule has 2 aliphatic rings. The van der Waals surface area contributed by atoms with E-state index in [1.165, 1.54) is 0 Å². The fraction of sp³-hybridized carbons (Fsp3) is 0.478. The first-order valence-electron chi connectivity index (χ1n) is 10.8. The molecule has 1 spiro atoms. The summed E-state index contributed by atoms with van der Waals surface area (Å²) >= 11 is 0. The van der Waals surface area contributed by atoms with Crippen molar-refractivity contribution < 1.29 is 9.32 Å². The molecule has 5 rings (SSSR count). The summed E-state index contributed by atoms with van der Waals surface area (Å²) in [6.45, 7) is 6.15. The van der Waals surface area contributed by atoms with E-state index in [-0.39, 0.29) is 11.4 Å². The van der Waals surface area contributed by atoms with E-state index in [0.29, 0.717) is 17.0 Å². The Morgan fingerprint density at radius 2 is 1.83 bits per heavy atom. The summed E-state index contributed by atoms with van der Waals surface area (Å²) in [4.78, 5) is 26.8. The minimum absolute atomic E-state index is 0.0420. The quantitative estimate of drug-likeness (QED) is 0.644. The predicted octanol–water partition coefficient (Wildman–Crippen LogP) is 3.90. The Kier molecular flexibility index (Phi) is 4.68. The minimum Gasteiger partial charge on any atom is -0.361 e. The molecule has 30 heavy (non-hydrogen) atoms. The number of hydrogen-bond acceptors (Lipinski definition) is 6. The number of carbonyl (C=O) groups excluding carboxylic acids is 1. The molecule has 0 radical (unpaired) electrons. The third kappa shape index (κ3) is 3.04. The lowest BCUT2D eigenvalue weighted by Gasteiger charge is -2.39. The van der Waals surface area contributed by atoms with Gasteiger partial charge < -0.3 is 14.3 Å². The van der Waals surface area contributed by atoms with Crippen LogP contribution in [0.5, 0.6) is 0 Å². The average Bonchev–Trinajstić information content (AvgIpc) is 3.24. The van der Waals surface area contributed by atoms with Gasteiger partial charge in [0.1, 0.15) is 23.5 Å². The second kappa shape index (κ2) is 7.38. The lowest BCUT2D eigenvalue weighted by atomic mass is 9.87. The number of fused-ring (bicyclic) bond motifs is 1. The number of nitrogens with zero attached hydrogens (tertiary/aromatic N) is 5. The maximum absolute atomic E-state index is 13.2. The van der Waals surface area contributed by atoms with Gasteiger partial charge in [0.15, 0.2) is 0 Å². The molecule has 156 valence electrons. The average molecular weight is 406 g/mol. The number of carbonyl (C=O) groups is 1. The topological polar surface area (TPSA) is 75.4 Å². The van der Waals surface area contributed by atoms with Gasteiger partial charge in [-0.2, -0.15) is 0 Å². The first-order chi connectivity index (χ1) is 14.6. The van der Waals surface area contributed by atoms with Crippen LogP contribution >= 0.6 is 0 Å². The Labute approximate surface area is 176 Å². The Morgan fingerprint density at radius 1 is 1.03 bits per heavy atom. The zero-order valence-corrected chi connectivity index (χ0v) is 17.6. The highest BCUT2D eigenvalue weighted by atomic mass is 16.5. The number of benzene rings is 1. The van der Waals surface area contributed by atoms with Gasteiger partial charge in [-0.1, -0.05) is 17.3 Å². The van der Waals surface area contributed by atoms with E-state index in [9.17, 15) is 4.79 Å². The van der Waals surface area contributed by atoms with E-state index in [1.807, 2.05) is 30.9 Å². The number of aromatic nitrogens is 3. The maximum Gasteiger partial charge on any atom is 0.259 e. The van der Waals surface area contributed by atoms with Gasteiger partial charge in [0.25, 0.3) is 5.91 Å². The highest BCUT2D eigenvalue weighted by Gasteiger charge is 2.43. The van der Waals surface area contributed by atoms with Crippen molar-refractivity contribution in [3.05, 3.63) is 47.6 Å². The Bertz CT molecular complexity index is 1070. The van der Waals surface area contributed by atoms with Crippen LogP contribution in [0.3, 0.4) is 0 Å². The van der Waals surface area contributed by atoms with E-state index < -0.39 is 0 Å². The molecular formula is C23H27N5O2. The molecule has 3 aromatic rings. The summed E-state index contributed by atoms with van der Waals surface area (Å²) in [5.41, 5.74) is 2.32. The van der Waals surface area contributed by atoms with Crippen molar-refractivity contribution in [1.82, 2.24) is 20.0 Å². The van der Waals surface area contributed by atoms with E-state index >= 15 is 0 Å². The third-order valence-corrected chi connectivity index (χ3v) is 6.83. The molecule has 4 heterocycles. The van der Waals surface area contributed by atoms with Crippen LogP contribution in [0, 0.1) is 13.8 Å². The lowest BCUT2D eigenvalue weighted by Crippen LogP contribution is -2.45. The molecule has 7 nitrogen and oxygen atoms in total. The van der Waals surface area contributed by atoms with Gasteiger partial charge in [-0.15, -0.1) is 0 Å². The Morgan fingerprint density at radius 3 is 2.63 bits per heavy atom. The van der Waals surface area contributed by atoms with E-state index in [4.69, 9.17) is 9.51 Å². The monoisotopic (exact) mass is 405 g/mol. The summed E-state index contributed by atoms with van der Waals surface area (Å²) in [6.07, 6.45) is 6.95. The van der Waals surface area contributed by atoms with Crippen molar-refractivity contribution >= 4 is 22.6 Å². The molecule has 1 amide bonds. The molecule has 1 atom stereocenters. The van der Waals surface area contributed by atoms with Crippen molar-refractivity contribution in [2.45, 2.75) is 51.5 Å². The molecule has 0 saturated carbocycles. The van der Waals surface area contributed by atoms with Gasteiger partial charge in [-0.05, 0) is 58.1 Å². The summed E-state index contributed by atoms with van der Waals surface area (Å²) in [7, 11) is 0. The SMILES string of the molecule is Cc1noc(C)c1C(=O)N1CCCC2(CCCN2c2ncnc3ccccc23)CC1. The molecule has 7 heteroatoms. The summed E-state index contributed by atoms with van der Waals surface area (Å²) < 4.78 is 5.23. The lowest BCUT2D eigenvalue weighted by molar-refractivity contribution is 0.0757. The molecule has 1 aromatic carbocycles. The molecule has 0 bridgehead atoms. The number of anilines is 1. The Hall–Kier alpha value is -2.96. The van der Waals surface area contributed by atoms with Crippen LogP contribution in [-0.4, -0.2) is 51.1 Å². The summed E-state index contributed by atoms with van der Waals surface area (Å²) in [6, 6.07) is 8.22. The second-order valence-corrected chi connectivity index (χ2v) is 8.54. The number of likely N-dealkylation sites (tertiary alicyclic amines) is 1. The molecule has 1 unspecified atom stereocenters. The van der Waals surface area contributed by atoms with Gasteiger partial charge in [0, 0.05) is 30.6 Å². The number of hydrogen-bond donors (Lipinski definition) is 0. The number of rotatable bonds is 2. The van der Waals surface area contributed by atoms with Crippen molar-refractivity contribution in [3.8, 4) is 0 Å². The Balaban J connectivity index is 1.43. The van der Waals surface area contributed by atoms with Crippen LogP contribution in [0.25, 0.3) is 10.9 Å². The van der Waals surface area contributed by atoms with Gasteiger partial charge >= 0.3 is 0 Å². The van der Waals surface area contributed by atoms with Crippen LogP contribution in [0.4, 0.5) is 5.82 Å². The maximum atomic E-state index is 13.2. The second-order valence-electron chi connectivity index (χ2n) is 8.54. The predicted molar refractivity (Wildman–Crippen MR) is 115 cm³/mol. The molecular weight excluding hydrogens is 378 g/mol. The molecule has 0 N–H and O–H groups in total. The summed E-state index contributed by atoms with van der Waals surface area (Å²) in [5, 5.41) is 5.07. The summed E-state index contributed by atoms with van der Waals surface area (Å²) in [5.74, 6) is 1.68. The van der Waals surface area contributed by atoms with Crippen molar-refractivity contribution in [1.29, 1.82) is 0 Å². The smallest absolute Gasteiger partial charge is 0.259 e. The first kappa shape index (κ1) is 19.0. The minimum atomic E-state index is 0.0420. The fourth-order valence-corrected chi connectivity index (χ4v) is 5.32.